The fourth-order valence-corrected chi connectivity index (χ4v) is 4.58. The summed E-state index contributed by atoms with van der Waals surface area (Å²) in [6, 6.07) is 6.18. The van der Waals surface area contributed by atoms with Gasteiger partial charge in [0, 0.05) is 37.4 Å². The molecular weight excluding hydrogens is 356 g/mol. The summed E-state index contributed by atoms with van der Waals surface area (Å²) >= 11 is 0. The number of amides is 3. The molecule has 3 amide bonds. The van der Waals surface area contributed by atoms with E-state index in [1.165, 1.54) is 6.92 Å². The van der Waals surface area contributed by atoms with E-state index in [1.807, 2.05) is 19.0 Å². The second-order valence-electron chi connectivity index (χ2n) is 6.75. The predicted octanol–water partition coefficient (Wildman–Crippen LogP) is 1.23. The molecule has 1 aliphatic rings. The molecule has 1 aromatic carbocycles. The predicted molar refractivity (Wildman–Crippen MR) is 102 cm³/mol. The molecule has 144 valence electrons. The number of hydrogen-bond donors (Lipinski definition) is 2. The van der Waals surface area contributed by atoms with Crippen LogP contribution in [-0.4, -0.2) is 74.9 Å². The van der Waals surface area contributed by atoms with Crippen LogP contribution in [0.3, 0.4) is 0 Å². The van der Waals surface area contributed by atoms with E-state index in [9.17, 15) is 18.0 Å². The van der Waals surface area contributed by atoms with Crippen LogP contribution in [0.5, 0.6) is 0 Å². The molecule has 9 heteroatoms. The Kier molecular flexibility index (Phi) is 6.60. The van der Waals surface area contributed by atoms with Gasteiger partial charge in [0.05, 0.1) is 11.5 Å². The van der Waals surface area contributed by atoms with Gasteiger partial charge in [0.15, 0.2) is 9.84 Å². The Bertz CT molecular complexity index is 764. The lowest BCUT2D eigenvalue weighted by Gasteiger charge is -2.29. The van der Waals surface area contributed by atoms with Crippen LogP contribution in [0, 0.1) is 0 Å². The first-order chi connectivity index (χ1) is 12.2. The third-order valence-electron chi connectivity index (χ3n) is 4.13. The van der Waals surface area contributed by atoms with E-state index in [0.29, 0.717) is 30.9 Å². The Balaban J connectivity index is 2.11. The number of rotatable bonds is 6. The number of nitrogens with zero attached hydrogens (tertiary/aromatic N) is 2. The second-order valence-corrected chi connectivity index (χ2v) is 8.97. The number of carbonyl (C=O) groups is 2. The van der Waals surface area contributed by atoms with Gasteiger partial charge in [-0.2, -0.15) is 0 Å². The zero-order valence-electron chi connectivity index (χ0n) is 15.4. The first kappa shape index (κ1) is 20.2. The molecule has 1 atom stereocenters. The lowest BCUT2D eigenvalue weighted by molar-refractivity contribution is -0.114. The maximum atomic E-state index is 12.8. The largest absolute Gasteiger partial charge is 0.326 e. The lowest BCUT2D eigenvalue weighted by Crippen LogP contribution is -2.46. The number of anilines is 2. The zero-order valence-corrected chi connectivity index (χ0v) is 16.2. The van der Waals surface area contributed by atoms with Gasteiger partial charge in [-0.3, -0.25) is 4.79 Å². The van der Waals surface area contributed by atoms with Crippen molar-refractivity contribution < 1.29 is 18.0 Å². The van der Waals surface area contributed by atoms with Gasteiger partial charge in [0.25, 0.3) is 0 Å². The molecule has 2 N–H and O–H groups in total. The molecule has 0 aromatic heterocycles. The van der Waals surface area contributed by atoms with Crippen molar-refractivity contribution in [3.05, 3.63) is 24.3 Å². The molecule has 26 heavy (non-hydrogen) atoms. The summed E-state index contributed by atoms with van der Waals surface area (Å²) in [5, 5.41) is 5.47. The number of sulfone groups is 1. The Morgan fingerprint density at radius 3 is 2.35 bits per heavy atom. The van der Waals surface area contributed by atoms with Gasteiger partial charge >= 0.3 is 6.03 Å². The van der Waals surface area contributed by atoms with Gasteiger partial charge in [-0.05, 0) is 38.7 Å². The van der Waals surface area contributed by atoms with Crippen LogP contribution in [0.2, 0.25) is 0 Å². The molecule has 0 radical (unpaired) electrons. The van der Waals surface area contributed by atoms with E-state index < -0.39 is 9.84 Å². The summed E-state index contributed by atoms with van der Waals surface area (Å²) in [6.07, 6.45) is 0.453. The Labute approximate surface area is 154 Å². The third kappa shape index (κ3) is 5.99. The van der Waals surface area contributed by atoms with Gasteiger partial charge in [0.1, 0.15) is 0 Å². The first-order valence-corrected chi connectivity index (χ1v) is 10.3. The van der Waals surface area contributed by atoms with E-state index in [1.54, 1.807) is 29.2 Å². The normalized spacial score (nSPS) is 18.5. The summed E-state index contributed by atoms with van der Waals surface area (Å²) in [5.74, 6) is -0.0847. The van der Waals surface area contributed by atoms with Crippen molar-refractivity contribution >= 4 is 33.2 Å². The van der Waals surface area contributed by atoms with E-state index in [0.717, 1.165) is 0 Å². The number of likely N-dealkylation sites (N-methyl/N-ethyl adjacent to an activating group) is 1. The molecule has 0 spiro atoms. The van der Waals surface area contributed by atoms with Crippen LogP contribution < -0.4 is 10.6 Å². The van der Waals surface area contributed by atoms with E-state index in [4.69, 9.17) is 0 Å². The van der Waals surface area contributed by atoms with Gasteiger partial charge in [-0.15, -0.1) is 0 Å². The van der Waals surface area contributed by atoms with Gasteiger partial charge < -0.3 is 20.4 Å². The van der Waals surface area contributed by atoms with Crippen molar-refractivity contribution in [1.82, 2.24) is 9.80 Å². The molecule has 1 heterocycles. The highest BCUT2D eigenvalue weighted by atomic mass is 32.2. The highest BCUT2D eigenvalue weighted by Gasteiger charge is 2.34. The minimum atomic E-state index is -3.09. The summed E-state index contributed by atoms with van der Waals surface area (Å²) in [6.45, 7) is 2.48. The minimum absolute atomic E-state index is 0.000218. The van der Waals surface area contributed by atoms with E-state index >= 15 is 0 Å². The molecule has 0 bridgehead atoms. The van der Waals surface area contributed by atoms with Crippen LogP contribution >= 0.6 is 0 Å². The second kappa shape index (κ2) is 8.50. The monoisotopic (exact) mass is 382 g/mol. The van der Waals surface area contributed by atoms with Crippen molar-refractivity contribution in [2.45, 2.75) is 19.4 Å². The highest BCUT2D eigenvalue weighted by molar-refractivity contribution is 7.91. The van der Waals surface area contributed by atoms with Crippen molar-refractivity contribution in [1.29, 1.82) is 0 Å². The summed E-state index contributed by atoms with van der Waals surface area (Å²) < 4.78 is 23.6. The quantitative estimate of drug-likeness (QED) is 0.771. The Morgan fingerprint density at radius 2 is 1.81 bits per heavy atom. The zero-order chi connectivity index (χ0) is 19.3. The average Bonchev–Trinajstić information content (AvgIpc) is 2.86. The van der Waals surface area contributed by atoms with Gasteiger partial charge in [-0.25, -0.2) is 13.2 Å². The summed E-state index contributed by atoms with van der Waals surface area (Å²) in [7, 11) is 0.714. The molecule has 0 saturated carbocycles. The number of hydrogen-bond acceptors (Lipinski definition) is 5. The maximum Gasteiger partial charge on any atom is 0.322 e. The minimum Gasteiger partial charge on any atom is -0.326 e. The fourth-order valence-electron chi connectivity index (χ4n) is 2.85. The SMILES string of the molecule is CC(=O)Nc1cccc(NC(=O)N(CCN(C)C)C2CCS(=O)(=O)C2)c1. The van der Waals surface area contributed by atoms with Crippen LogP contribution in [0.4, 0.5) is 16.2 Å². The maximum absolute atomic E-state index is 12.8. The van der Waals surface area contributed by atoms with Crippen molar-refractivity contribution in [2.24, 2.45) is 0 Å². The summed E-state index contributed by atoms with van der Waals surface area (Å²) in [4.78, 5) is 27.5. The number of benzene rings is 1. The van der Waals surface area contributed by atoms with Crippen molar-refractivity contribution in [2.75, 3.05) is 49.3 Å². The van der Waals surface area contributed by atoms with Gasteiger partial charge in [0.2, 0.25) is 5.91 Å². The topological polar surface area (TPSA) is 98.8 Å². The van der Waals surface area contributed by atoms with Crippen LogP contribution in [0.25, 0.3) is 0 Å². The van der Waals surface area contributed by atoms with E-state index in [-0.39, 0.29) is 29.5 Å². The Morgan fingerprint density at radius 1 is 1.15 bits per heavy atom. The third-order valence-corrected chi connectivity index (χ3v) is 5.88. The number of nitrogens with one attached hydrogen (secondary N) is 2. The Hall–Kier alpha value is -2.13. The molecule has 1 fully saturated rings. The highest BCUT2D eigenvalue weighted by Crippen LogP contribution is 2.20. The molecule has 1 saturated heterocycles. The fraction of sp³-hybridized carbons (Fsp3) is 0.529. The molecule has 1 unspecified atom stereocenters. The average molecular weight is 382 g/mol. The standard InChI is InChI=1S/C17H26N4O4S/c1-13(22)18-14-5-4-6-15(11-14)19-17(23)21(9-8-20(2)3)16-7-10-26(24,25)12-16/h4-6,11,16H,7-10,12H2,1-3H3,(H,18,22)(H,19,23). The smallest absolute Gasteiger partial charge is 0.322 e. The first-order valence-electron chi connectivity index (χ1n) is 8.47. The molecular formula is C17H26N4O4S. The van der Waals surface area contributed by atoms with Crippen LogP contribution in [0.15, 0.2) is 24.3 Å². The van der Waals surface area contributed by atoms with Crippen molar-refractivity contribution in [3.63, 3.8) is 0 Å². The molecule has 0 aliphatic carbocycles. The van der Waals surface area contributed by atoms with Gasteiger partial charge in [-0.1, -0.05) is 6.07 Å². The number of carbonyl (C=O) groups excluding carboxylic acids is 2. The molecule has 1 aromatic rings. The van der Waals surface area contributed by atoms with Crippen LogP contribution in [0.1, 0.15) is 13.3 Å². The number of urea groups is 1. The van der Waals surface area contributed by atoms with Crippen LogP contribution in [-0.2, 0) is 14.6 Å². The van der Waals surface area contributed by atoms with Crippen molar-refractivity contribution in [3.8, 4) is 0 Å². The summed E-state index contributed by atoms with van der Waals surface area (Å²) in [5.41, 5.74) is 1.12. The molecule has 2 rings (SSSR count). The lowest BCUT2D eigenvalue weighted by atomic mass is 10.2. The molecule has 8 nitrogen and oxygen atoms in total. The molecule has 1 aliphatic heterocycles. The van der Waals surface area contributed by atoms with E-state index in [2.05, 4.69) is 10.6 Å².